The van der Waals surface area contributed by atoms with Gasteiger partial charge in [-0.2, -0.15) is 0 Å². The molecule has 0 unspecified atom stereocenters. The SMILES string of the molecule is CCCCCCCCCCCC(=O)OC[C@@H](O)COC(=O)CCC/C=C\C[C@H]1[C@@H](O)CC(=O)[C@@H]1/C=C/[C@@H](O)CCCCC. The summed E-state index contributed by atoms with van der Waals surface area (Å²) >= 11 is 0. The second-order valence-corrected chi connectivity index (χ2v) is 12.1. The molecule has 8 nitrogen and oxygen atoms in total. The Kier molecular flexibility index (Phi) is 23.0. The van der Waals surface area contributed by atoms with E-state index in [1.165, 1.54) is 38.5 Å². The second kappa shape index (κ2) is 25.3. The van der Waals surface area contributed by atoms with Gasteiger partial charge in [0.1, 0.15) is 25.1 Å². The van der Waals surface area contributed by atoms with Crippen LogP contribution in [0.25, 0.3) is 0 Å². The summed E-state index contributed by atoms with van der Waals surface area (Å²) in [5.41, 5.74) is 0. The lowest BCUT2D eigenvalue weighted by molar-refractivity contribution is -0.152. The van der Waals surface area contributed by atoms with Gasteiger partial charge in [-0.3, -0.25) is 14.4 Å². The number of carbonyl (C=O) groups excluding carboxylic acids is 3. The van der Waals surface area contributed by atoms with Crippen LogP contribution in [-0.2, 0) is 23.9 Å². The van der Waals surface area contributed by atoms with Gasteiger partial charge in [0.2, 0.25) is 0 Å². The molecule has 0 bridgehead atoms. The molecule has 8 heteroatoms. The van der Waals surface area contributed by atoms with Gasteiger partial charge in [-0.1, -0.05) is 109 Å². The Morgan fingerprint density at radius 1 is 0.814 bits per heavy atom. The first-order valence-electron chi connectivity index (χ1n) is 17.0. The number of ether oxygens (including phenoxy) is 2. The summed E-state index contributed by atoms with van der Waals surface area (Å²) < 4.78 is 10.2. The van der Waals surface area contributed by atoms with Crippen LogP contribution in [-0.4, -0.2) is 64.6 Å². The Bertz CT molecular complexity index is 808. The lowest BCUT2D eigenvalue weighted by Crippen LogP contribution is -2.25. The van der Waals surface area contributed by atoms with Gasteiger partial charge in [0.05, 0.1) is 12.2 Å². The van der Waals surface area contributed by atoms with Crippen molar-refractivity contribution in [3.8, 4) is 0 Å². The van der Waals surface area contributed by atoms with Crippen LogP contribution in [0.3, 0.4) is 0 Å². The summed E-state index contributed by atoms with van der Waals surface area (Å²) in [4.78, 5) is 36.2. The topological polar surface area (TPSA) is 130 Å². The molecule has 0 aromatic rings. The Hall–Kier alpha value is -2.03. The summed E-state index contributed by atoms with van der Waals surface area (Å²) in [5, 5.41) is 30.5. The Morgan fingerprint density at radius 3 is 2.00 bits per heavy atom. The molecule has 1 aliphatic rings. The summed E-state index contributed by atoms with van der Waals surface area (Å²) in [5.74, 6) is -1.36. The van der Waals surface area contributed by atoms with E-state index in [1.54, 1.807) is 12.2 Å². The fourth-order valence-electron chi connectivity index (χ4n) is 5.36. The zero-order chi connectivity index (χ0) is 31.7. The summed E-state index contributed by atoms with van der Waals surface area (Å²) in [6, 6.07) is 0. The molecule has 0 heterocycles. The lowest BCUT2D eigenvalue weighted by atomic mass is 9.90. The number of esters is 2. The quantitative estimate of drug-likeness (QED) is 0.0574. The smallest absolute Gasteiger partial charge is 0.305 e. The number of allylic oxidation sites excluding steroid dienone is 3. The predicted molar refractivity (Wildman–Crippen MR) is 169 cm³/mol. The third kappa shape index (κ3) is 19.8. The largest absolute Gasteiger partial charge is 0.463 e. The van der Waals surface area contributed by atoms with Gasteiger partial charge in [-0.05, 0) is 32.1 Å². The Balaban J connectivity index is 2.14. The minimum Gasteiger partial charge on any atom is -0.463 e. The second-order valence-electron chi connectivity index (χ2n) is 12.1. The van der Waals surface area contributed by atoms with Gasteiger partial charge in [-0.25, -0.2) is 0 Å². The molecule has 43 heavy (non-hydrogen) atoms. The average molecular weight is 609 g/mol. The molecule has 0 aliphatic heterocycles. The highest BCUT2D eigenvalue weighted by molar-refractivity contribution is 5.86. The number of ketones is 1. The molecule has 0 amide bonds. The van der Waals surface area contributed by atoms with E-state index in [1.807, 2.05) is 12.2 Å². The van der Waals surface area contributed by atoms with Gasteiger partial charge in [-0.15, -0.1) is 0 Å². The minimum absolute atomic E-state index is 0.00131. The van der Waals surface area contributed by atoms with Gasteiger partial charge in [0, 0.05) is 31.1 Å². The van der Waals surface area contributed by atoms with Crippen molar-refractivity contribution in [2.45, 2.75) is 154 Å². The van der Waals surface area contributed by atoms with Crippen LogP contribution >= 0.6 is 0 Å². The van der Waals surface area contributed by atoms with Gasteiger partial charge in [0.25, 0.3) is 0 Å². The average Bonchev–Trinajstić information content (AvgIpc) is 3.25. The standard InChI is InChI=1S/C35H60O8/c1-3-5-7-8-9-10-11-12-17-21-34(40)42-26-29(37)27-43-35(41)22-18-14-13-16-20-30-31(33(39)25-32(30)38)24-23-28(36)19-15-6-4-2/h13,16,23-24,28-32,36-38H,3-12,14-15,17-22,25-27H2,1-2H3/b16-13-,24-23+/t28-,29+,30+,31+,32-/m0/s1. The molecule has 0 saturated heterocycles. The molecular weight excluding hydrogens is 548 g/mol. The highest BCUT2D eigenvalue weighted by Crippen LogP contribution is 2.33. The van der Waals surface area contributed by atoms with Crippen molar-refractivity contribution >= 4 is 17.7 Å². The first kappa shape index (κ1) is 39.0. The van der Waals surface area contributed by atoms with Crippen molar-refractivity contribution in [2.24, 2.45) is 11.8 Å². The predicted octanol–water partition coefficient (Wildman–Crippen LogP) is 6.53. The molecule has 0 aromatic carbocycles. The van der Waals surface area contributed by atoms with Gasteiger partial charge in [0.15, 0.2) is 0 Å². The molecule has 5 atom stereocenters. The number of unbranched alkanes of at least 4 members (excludes halogenated alkanes) is 11. The van der Waals surface area contributed by atoms with Crippen LogP contribution in [0, 0.1) is 11.8 Å². The van der Waals surface area contributed by atoms with Crippen LogP contribution in [0.15, 0.2) is 24.3 Å². The number of rotatable bonds is 26. The summed E-state index contributed by atoms with van der Waals surface area (Å²) in [7, 11) is 0. The first-order valence-corrected chi connectivity index (χ1v) is 17.0. The Labute approximate surface area is 260 Å². The first-order chi connectivity index (χ1) is 20.8. The number of hydrogen-bond acceptors (Lipinski definition) is 8. The molecule has 1 saturated carbocycles. The van der Waals surface area contributed by atoms with Crippen molar-refractivity contribution in [3.63, 3.8) is 0 Å². The van der Waals surface area contributed by atoms with Crippen molar-refractivity contribution in [1.82, 2.24) is 0 Å². The maximum absolute atomic E-state index is 12.4. The maximum Gasteiger partial charge on any atom is 0.305 e. The van der Waals surface area contributed by atoms with Crippen molar-refractivity contribution in [1.29, 1.82) is 0 Å². The molecule has 248 valence electrons. The van der Waals surface area contributed by atoms with Crippen LogP contribution in [0.1, 0.15) is 136 Å². The third-order valence-corrected chi connectivity index (χ3v) is 8.07. The molecular formula is C35H60O8. The normalized spacial score (nSPS) is 20.2. The number of carbonyl (C=O) groups is 3. The van der Waals surface area contributed by atoms with Crippen molar-refractivity contribution in [3.05, 3.63) is 24.3 Å². The van der Waals surface area contributed by atoms with E-state index in [9.17, 15) is 29.7 Å². The molecule has 0 radical (unpaired) electrons. The fraction of sp³-hybridized carbons (Fsp3) is 0.800. The number of aliphatic hydroxyl groups excluding tert-OH is 3. The number of Topliss-reactive ketones (excluding diaryl/α,β-unsaturated/α-hetero) is 1. The van der Waals surface area contributed by atoms with Crippen LogP contribution in [0.4, 0.5) is 0 Å². The monoisotopic (exact) mass is 608 g/mol. The maximum atomic E-state index is 12.4. The highest BCUT2D eigenvalue weighted by atomic mass is 16.6. The van der Waals surface area contributed by atoms with E-state index in [0.717, 1.165) is 38.5 Å². The van der Waals surface area contributed by atoms with E-state index < -0.39 is 30.2 Å². The third-order valence-electron chi connectivity index (χ3n) is 8.07. The van der Waals surface area contributed by atoms with Crippen molar-refractivity contribution < 1.29 is 39.2 Å². The van der Waals surface area contributed by atoms with E-state index in [-0.39, 0.29) is 43.7 Å². The van der Waals surface area contributed by atoms with E-state index in [0.29, 0.717) is 32.1 Å². The molecule has 0 spiro atoms. The van der Waals surface area contributed by atoms with E-state index in [2.05, 4.69) is 13.8 Å². The number of aliphatic hydroxyl groups is 3. The zero-order valence-electron chi connectivity index (χ0n) is 26.9. The molecule has 1 rings (SSSR count). The number of hydrogen-bond donors (Lipinski definition) is 3. The van der Waals surface area contributed by atoms with Gasteiger partial charge >= 0.3 is 11.9 Å². The summed E-state index contributed by atoms with van der Waals surface area (Å²) in [6.07, 6.45) is 21.7. The van der Waals surface area contributed by atoms with Crippen LogP contribution < -0.4 is 0 Å². The minimum atomic E-state index is -1.05. The molecule has 1 fully saturated rings. The highest BCUT2D eigenvalue weighted by Gasteiger charge is 2.39. The van der Waals surface area contributed by atoms with E-state index in [4.69, 9.17) is 9.47 Å². The molecule has 1 aliphatic carbocycles. The van der Waals surface area contributed by atoms with E-state index >= 15 is 0 Å². The van der Waals surface area contributed by atoms with Crippen LogP contribution in [0.2, 0.25) is 0 Å². The van der Waals surface area contributed by atoms with Gasteiger partial charge < -0.3 is 24.8 Å². The van der Waals surface area contributed by atoms with Crippen molar-refractivity contribution in [2.75, 3.05) is 13.2 Å². The van der Waals surface area contributed by atoms with Crippen LogP contribution in [0.5, 0.6) is 0 Å². The molecule has 3 N–H and O–H groups in total. The molecule has 0 aromatic heterocycles. The summed E-state index contributed by atoms with van der Waals surface area (Å²) in [6.45, 7) is 3.92. The fourth-order valence-corrected chi connectivity index (χ4v) is 5.36. The lowest BCUT2D eigenvalue weighted by Gasteiger charge is -2.17. The Morgan fingerprint density at radius 2 is 1.37 bits per heavy atom. The zero-order valence-corrected chi connectivity index (χ0v) is 26.9.